The molecule has 1 fully saturated rings. The summed E-state index contributed by atoms with van der Waals surface area (Å²) < 4.78 is 19.5. The molecule has 4 aromatic rings. The van der Waals surface area contributed by atoms with E-state index in [1.54, 1.807) is 12.1 Å². The maximum atomic E-state index is 13.6. The summed E-state index contributed by atoms with van der Waals surface area (Å²) in [5.41, 5.74) is 3.55. The van der Waals surface area contributed by atoms with Crippen LogP contribution < -0.4 is 10.1 Å². The van der Waals surface area contributed by atoms with Crippen LogP contribution in [0.5, 0.6) is 5.75 Å². The van der Waals surface area contributed by atoms with Gasteiger partial charge in [0.05, 0.1) is 12.5 Å². The van der Waals surface area contributed by atoms with E-state index in [-0.39, 0.29) is 23.6 Å². The summed E-state index contributed by atoms with van der Waals surface area (Å²) in [6.07, 6.45) is 3.62. The molecule has 186 valence electrons. The first-order valence-corrected chi connectivity index (χ1v) is 12.6. The molecule has 1 aromatic heterocycles. The number of likely N-dealkylation sites (tertiary alicyclic amines) is 1. The van der Waals surface area contributed by atoms with E-state index in [1.165, 1.54) is 28.6 Å². The molecule has 1 aliphatic rings. The Balaban J connectivity index is 1.25. The number of ether oxygens (including phenoxy) is 1. The lowest BCUT2D eigenvalue weighted by Gasteiger charge is -2.37. The van der Waals surface area contributed by atoms with Crippen LogP contribution in [-0.4, -0.2) is 42.0 Å². The van der Waals surface area contributed by atoms with E-state index in [0.717, 1.165) is 31.4 Å². The third-order valence-corrected chi connectivity index (χ3v) is 6.89. The lowest BCUT2D eigenvalue weighted by atomic mass is 9.88. The summed E-state index contributed by atoms with van der Waals surface area (Å²) in [6.45, 7) is 3.35. The summed E-state index contributed by atoms with van der Waals surface area (Å²) >= 11 is 0. The molecule has 3 aromatic carbocycles. The van der Waals surface area contributed by atoms with Crippen molar-refractivity contribution in [3.63, 3.8) is 0 Å². The molecule has 0 radical (unpaired) electrons. The fourth-order valence-electron chi connectivity index (χ4n) is 5.14. The van der Waals surface area contributed by atoms with Crippen LogP contribution >= 0.6 is 0 Å². The Labute approximate surface area is 211 Å². The number of halogens is 1. The van der Waals surface area contributed by atoms with Crippen LogP contribution in [-0.2, 0) is 17.8 Å². The van der Waals surface area contributed by atoms with Gasteiger partial charge in [0.15, 0.2) is 0 Å². The minimum Gasteiger partial charge on any atom is -0.493 e. The lowest BCUT2D eigenvalue weighted by molar-refractivity contribution is -0.127. The van der Waals surface area contributed by atoms with E-state index >= 15 is 0 Å². The van der Waals surface area contributed by atoms with Crippen LogP contribution in [0, 0.1) is 17.7 Å². The molecule has 2 N–H and O–H groups in total. The van der Waals surface area contributed by atoms with E-state index in [4.69, 9.17) is 4.74 Å². The summed E-state index contributed by atoms with van der Waals surface area (Å²) in [4.78, 5) is 18.9. The smallest absolute Gasteiger partial charge is 0.224 e. The number of H-pyrrole nitrogens is 1. The normalized spacial score (nSPS) is 18.2. The topological polar surface area (TPSA) is 57.4 Å². The first kappa shape index (κ1) is 24.1. The minimum absolute atomic E-state index is 0.0883. The van der Waals surface area contributed by atoms with Gasteiger partial charge in [0.2, 0.25) is 5.91 Å². The van der Waals surface area contributed by atoms with Crippen LogP contribution in [0.4, 0.5) is 4.39 Å². The van der Waals surface area contributed by atoms with Gasteiger partial charge in [-0.3, -0.25) is 9.69 Å². The van der Waals surface area contributed by atoms with Crippen LogP contribution in [0.1, 0.15) is 17.5 Å². The third kappa shape index (κ3) is 6.13. The molecule has 1 aliphatic heterocycles. The summed E-state index contributed by atoms with van der Waals surface area (Å²) in [5, 5.41) is 4.36. The van der Waals surface area contributed by atoms with Crippen molar-refractivity contribution in [3.05, 3.63) is 102 Å². The highest BCUT2D eigenvalue weighted by Gasteiger charge is 2.32. The van der Waals surface area contributed by atoms with E-state index in [9.17, 15) is 9.18 Å². The lowest BCUT2D eigenvalue weighted by Crippen LogP contribution is -2.47. The number of piperidine rings is 1. The fraction of sp³-hybridized carbons (Fsp3) is 0.300. The van der Waals surface area contributed by atoms with Crippen LogP contribution in [0.2, 0.25) is 0 Å². The van der Waals surface area contributed by atoms with Gasteiger partial charge in [-0.25, -0.2) is 4.39 Å². The number of nitrogens with zero attached hydrogens (tertiary/aromatic N) is 1. The summed E-state index contributed by atoms with van der Waals surface area (Å²) in [5.74, 6) is 0.337. The molecule has 0 aliphatic carbocycles. The van der Waals surface area contributed by atoms with Crippen molar-refractivity contribution in [1.82, 2.24) is 15.2 Å². The van der Waals surface area contributed by atoms with Crippen LogP contribution in [0.15, 0.2) is 85.1 Å². The van der Waals surface area contributed by atoms with Gasteiger partial charge < -0.3 is 15.0 Å². The molecule has 6 heteroatoms. The van der Waals surface area contributed by atoms with Crippen molar-refractivity contribution in [2.75, 3.05) is 26.2 Å². The number of rotatable bonds is 9. The number of hydrogen-bond donors (Lipinski definition) is 2. The molecule has 2 atom stereocenters. The van der Waals surface area contributed by atoms with Crippen molar-refractivity contribution < 1.29 is 13.9 Å². The number of aromatic amines is 1. The minimum atomic E-state index is -0.312. The van der Waals surface area contributed by atoms with Crippen molar-refractivity contribution in [3.8, 4) is 5.75 Å². The van der Waals surface area contributed by atoms with E-state index < -0.39 is 0 Å². The summed E-state index contributed by atoms with van der Waals surface area (Å²) in [7, 11) is 0. The number of nitrogens with one attached hydrogen (secondary N) is 2. The molecule has 0 bridgehead atoms. The standard InChI is InChI=1S/C30H32FN3O2/c31-26-9-6-10-27(16-26)36-21-23-15-24(30(35)32-14-13-22-7-2-1-3-8-22)19-34(18-23)20-25-17-33-29-12-5-4-11-28(25)29/h1-12,16-17,23-24,33H,13-15,18-21H2,(H,32,35)/t23-,24+/m0/s1. The fourth-order valence-corrected chi connectivity index (χ4v) is 5.14. The first-order chi connectivity index (χ1) is 17.6. The largest absolute Gasteiger partial charge is 0.493 e. The Kier molecular flexibility index (Phi) is 7.62. The highest BCUT2D eigenvalue weighted by molar-refractivity contribution is 5.83. The van der Waals surface area contributed by atoms with Gasteiger partial charge in [-0.15, -0.1) is 0 Å². The number of aromatic nitrogens is 1. The van der Waals surface area contributed by atoms with E-state index in [1.807, 2.05) is 24.3 Å². The number of amides is 1. The van der Waals surface area contributed by atoms with Crippen LogP contribution in [0.3, 0.4) is 0 Å². The van der Waals surface area contributed by atoms with Crippen molar-refractivity contribution in [2.45, 2.75) is 19.4 Å². The second-order valence-electron chi connectivity index (χ2n) is 9.65. The maximum absolute atomic E-state index is 13.6. The SMILES string of the molecule is O=C(NCCc1ccccc1)[C@@H]1C[C@H](COc2cccc(F)c2)CN(Cc2c[nH]c3ccccc23)C1. The highest BCUT2D eigenvalue weighted by atomic mass is 19.1. The highest BCUT2D eigenvalue weighted by Crippen LogP contribution is 2.27. The molecule has 0 saturated carbocycles. The quantitative estimate of drug-likeness (QED) is 0.343. The Morgan fingerprint density at radius 3 is 2.72 bits per heavy atom. The Morgan fingerprint density at radius 1 is 1.03 bits per heavy atom. The van der Waals surface area contributed by atoms with Gasteiger partial charge >= 0.3 is 0 Å². The third-order valence-electron chi connectivity index (χ3n) is 6.89. The molecule has 36 heavy (non-hydrogen) atoms. The number of carbonyl (C=O) groups is 1. The number of para-hydroxylation sites is 1. The van der Waals surface area contributed by atoms with Gasteiger partial charge in [-0.05, 0) is 42.2 Å². The summed E-state index contributed by atoms with van der Waals surface area (Å²) in [6, 6.07) is 24.7. The van der Waals surface area contributed by atoms with E-state index in [2.05, 4.69) is 51.7 Å². The van der Waals surface area contributed by atoms with Gasteiger partial charge in [-0.1, -0.05) is 54.6 Å². The van der Waals surface area contributed by atoms with Gasteiger partial charge in [0, 0.05) is 55.3 Å². The molecule has 0 spiro atoms. The molecule has 0 unspecified atom stereocenters. The Morgan fingerprint density at radius 2 is 1.86 bits per heavy atom. The Bertz CT molecular complexity index is 1290. The molecular weight excluding hydrogens is 453 g/mol. The monoisotopic (exact) mass is 485 g/mol. The number of carbonyl (C=O) groups excluding carboxylic acids is 1. The second-order valence-corrected chi connectivity index (χ2v) is 9.65. The zero-order valence-corrected chi connectivity index (χ0v) is 20.3. The molecule has 5 nitrogen and oxygen atoms in total. The number of fused-ring (bicyclic) bond motifs is 1. The average Bonchev–Trinajstić information content (AvgIpc) is 3.31. The maximum Gasteiger partial charge on any atom is 0.224 e. The molecule has 5 rings (SSSR count). The Hall–Kier alpha value is -3.64. The average molecular weight is 486 g/mol. The zero-order chi connectivity index (χ0) is 24.7. The van der Waals surface area contributed by atoms with Gasteiger partial charge in [0.1, 0.15) is 11.6 Å². The van der Waals surface area contributed by atoms with Crippen molar-refractivity contribution >= 4 is 16.8 Å². The molecule has 1 amide bonds. The van der Waals surface area contributed by atoms with Crippen molar-refractivity contribution in [1.29, 1.82) is 0 Å². The molecular formula is C30H32FN3O2. The molecule has 2 heterocycles. The molecule has 1 saturated heterocycles. The van der Waals surface area contributed by atoms with Gasteiger partial charge in [0.25, 0.3) is 0 Å². The van der Waals surface area contributed by atoms with E-state index in [0.29, 0.717) is 25.4 Å². The van der Waals surface area contributed by atoms with Gasteiger partial charge in [-0.2, -0.15) is 0 Å². The zero-order valence-electron chi connectivity index (χ0n) is 20.3. The van der Waals surface area contributed by atoms with Crippen molar-refractivity contribution in [2.24, 2.45) is 11.8 Å². The predicted octanol–water partition coefficient (Wildman–Crippen LogP) is 5.18. The number of hydrogen-bond acceptors (Lipinski definition) is 3. The predicted molar refractivity (Wildman–Crippen MR) is 140 cm³/mol. The number of benzene rings is 3. The first-order valence-electron chi connectivity index (χ1n) is 12.6. The van der Waals surface area contributed by atoms with Crippen LogP contribution in [0.25, 0.3) is 10.9 Å². The second kappa shape index (κ2) is 11.4.